The average molecular weight is 447 g/mol. The van der Waals surface area contributed by atoms with Gasteiger partial charge in [-0.15, -0.1) is 0 Å². The molecule has 5 rings (SSSR count). The van der Waals surface area contributed by atoms with Gasteiger partial charge in [0.15, 0.2) is 0 Å². The third-order valence-corrected chi connectivity index (χ3v) is 8.80. The van der Waals surface area contributed by atoms with Crippen molar-refractivity contribution < 1.29 is 23.8 Å². The number of carbonyl (C=O) groups is 1. The molecule has 1 spiro atoms. The molecule has 0 aromatic heterocycles. The van der Waals surface area contributed by atoms with Crippen LogP contribution >= 0.6 is 0 Å². The van der Waals surface area contributed by atoms with Crippen LogP contribution in [0.4, 0.5) is 10.1 Å². The van der Waals surface area contributed by atoms with Crippen LogP contribution < -0.4 is 10.2 Å². The Hall–Kier alpha value is -1.70. The second-order valence-corrected chi connectivity index (χ2v) is 10.6. The lowest BCUT2D eigenvalue weighted by molar-refractivity contribution is -0.137. The molecule has 0 unspecified atom stereocenters. The zero-order chi connectivity index (χ0) is 22.5. The number of fused-ring (bicyclic) bond motifs is 1. The Balaban J connectivity index is 1.42. The molecule has 2 aliphatic heterocycles. The monoisotopic (exact) mass is 446 g/mol. The normalized spacial score (nSPS) is 35.6. The Morgan fingerprint density at radius 2 is 2.06 bits per heavy atom. The van der Waals surface area contributed by atoms with Crippen molar-refractivity contribution in [2.75, 3.05) is 44.4 Å². The maximum atomic E-state index is 15.2. The molecule has 2 aliphatic carbocycles. The van der Waals surface area contributed by atoms with Crippen molar-refractivity contribution in [2.45, 2.75) is 51.7 Å². The van der Waals surface area contributed by atoms with Crippen molar-refractivity contribution in [3.8, 4) is 0 Å². The van der Waals surface area contributed by atoms with Crippen molar-refractivity contribution >= 4 is 11.6 Å². The van der Waals surface area contributed by atoms with E-state index in [4.69, 9.17) is 9.47 Å². The second-order valence-electron chi connectivity index (χ2n) is 10.6. The molecular formula is C25H35FN2O4. The summed E-state index contributed by atoms with van der Waals surface area (Å²) in [4.78, 5) is 14.5. The molecule has 4 fully saturated rings. The van der Waals surface area contributed by atoms with Crippen LogP contribution in [0.3, 0.4) is 0 Å². The molecular weight excluding hydrogens is 411 g/mol. The molecule has 2 saturated carbocycles. The van der Waals surface area contributed by atoms with Crippen molar-refractivity contribution in [2.24, 2.45) is 22.7 Å². The molecule has 0 radical (unpaired) electrons. The Kier molecular flexibility index (Phi) is 5.71. The fourth-order valence-electron chi connectivity index (χ4n) is 7.21. The van der Waals surface area contributed by atoms with Gasteiger partial charge in [-0.1, -0.05) is 19.9 Å². The second kappa shape index (κ2) is 8.26. The number of ether oxygens (including phenoxy) is 2. The van der Waals surface area contributed by atoms with E-state index in [1.165, 1.54) is 0 Å². The van der Waals surface area contributed by atoms with Crippen LogP contribution in [0, 0.1) is 28.5 Å². The number of hydrogen-bond donors (Lipinski definition) is 2. The van der Waals surface area contributed by atoms with Gasteiger partial charge in [0.05, 0.1) is 31.6 Å². The summed E-state index contributed by atoms with van der Waals surface area (Å²) in [6.07, 6.45) is 2.99. The summed E-state index contributed by atoms with van der Waals surface area (Å²) in [5.74, 6) is 0.454. The summed E-state index contributed by atoms with van der Waals surface area (Å²) in [6.45, 7) is 7.64. The largest absolute Gasteiger partial charge is 0.396 e. The summed E-state index contributed by atoms with van der Waals surface area (Å²) < 4.78 is 26.8. The molecule has 1 aromatic rings. The van der Waals surface area contributed by atoms with Crippen molar-refractivity contribution in [1.29, 1.82) is 0 Å². The number of aliphatic hydroxyl groups excluding tert-OH is 1. The van der Waals surface area contributed by atoms with E-state index >= 15 is 4.39 Å². The molecule has 176 valence electrons. The van der Waals surface area contributed by atoms with Crippen LogP contribution in [0.5, 0.6) is 0 Å². The van der Waals surface area contributed by atoms with Gasteiger partial charge in [0.25, 0.3) is 0 Å². The van der Waals surface area contributed by atoms with Crippen LogP contribution in [0.25, 0.3) is 0 Å². The Morgan fingerprint density at radius 3 is 2.78 bits per heavy atom. The molecule has 4 aliphatic rings. The van der Waals surface area contributed by atoms with Gasteiger partial charge in [-0.2, -0.15) is 0 Å². The molecule has 2 saturated heterocycles. The van der Waals surface area contributed by atoms with Gasteiger partial charge in [0, 0.05) is 32.2 Å². The van der Waals surface area contributed by atoms with Gasteiger partial charge in [0.1, 0.15) is 5.82 Å². The first-order chi connectivity index (χ1) is 15.4. The first-order valence-electron chi connectivity index (χ1n) is 12.0. The van der Waals surface area contributed by atoms with Gasteiger partial charge in [-0.3, -0.25) is 4.79 Å². The summed E-state index contributed by atoms with van der Waals surface area (Å²) in [5.41, 5.74) is 1.48. The van der Waals surface area contributed by atoms with E-state index in [0.29, 0.717) is 44.5 Å². The first-order valence-corrected chi connectivity index (χ1v) is 12.0. The summed E-state index contributed by atoms with van der Waals surface area (Å²) >= 11 is 0. The number of benzene rings is 1. The lowest BCUT2D eigenvalue weighted by atomic mass is 9.59. The van der Waals surface area contributed by atoms with E-state index in [0.717, 1.165) is 24.8 Å². The van der Waals surface area contributed by atoms with Crippen LogP contribution in [-0.2, 0) is 14.3 Å². The average Bonchev–Trinajstić information content (AvgIpc) is 3.27. The maximum absolute atomic E-state index is 15.2. The summed E-state index contributed by atoms with van der Waals surface area (Å²) in [6, 6.07) is 5.61. The van der Waals surface area contributed by atoms with Gasteiger partial charge in [-0.25, -0.2) is 4.39 Å². The number of aliphatic hydroxyl groups is 1. The zero-order valence-electron chi connectivity index (χ0n) is 19.1. The summed E-state index contributed by atoms with van der Waals surface area (Å²) in [7, 11) is 0. The van der Waals surface area contributed by atoms with E-state index < -0.39 is 0 Å². The fraction of sp³-hybridized carbons (Fsp3) is 0.720. The van der Waals surface area contributed by atoms with Crippen LogP contribution in [0.1, 0.15) is 51.2 Å². The van der Waals surface area contributed by atoms with E-state index in [1.54, 1.807) is 6.07 Å². The van der Waals surface area contributed by atoms with E-state index in [9.17, 15) is 9.90 Å². The highest BCUT2D eigenvalue weighted by atomic mass is 19.1. The van der Waals surface area contributed by atoms with E-state index in [1.807, 2.05) is 17.0 Å². The molecule has 2 bridgehead atoms. The van der Waals surface area contributed by atoms with Crippen LogP contribution in [-0.4, -0.2) is 56.6 Å². The molecule has 6 nitrogen and oxygen atoms in total. The van der Waals surface area contributed by atoms with Crippen LogP contribution in [0.2, 0.25) is 0 Å². The fourth-order valence-corrected chi connectivity index (χ4v) is 7.21. The number of morpholine rings is 1. The standard InChI is InChI=1S/C25H35FN2O4/c1-24(2)17-14-18-22(16-3-4-20(19(26)13-16)28-7-11-31-12-8-28)32-10-6-25(18,15-17)23(24)27-21(30)5-9-29/h3-4,13,17-18,22-23,29H,5-12,14-15H2,1-2H3,(H,27,30)/t17-,18-,22-,23+,25-/m1/s1. The third-order valence-electron chi connectivity index (χ3n) is 8.80. The predicted molar refractivity (Wildman–Crippen MR) is 119 cm³/mol. The molecule has 2 N–H and O–H groups in total. The Bertz CT molecular complexity index is 871. The van der Waals surface area contributed by atoms with E-state index in [2.05, 4.69) is 19.2 Å². The quantitative estimate of drug-likeness (QED) is 0.728. The number of carbonyl (C=O) groups excluding carboxylic acids is 1. The first kappa shape index (κ1) is 22.1. The number of amides is 1. The van der Waals surface area contributed by atoms with Crippen molar-refractivity contribution in [3.63, 3.8) is 0 Å². The number of hydrogen-bond acceptors (Lipinski definition) is 5. The zero-order valence-corrected chi connectivity index (χ0v) is 19.1. The highest BCUT2D eigenvalue weighted by molar-refractivity contribution is 5.76. The SMILES string of the molecule is CC1(C)[C@@H]2C[C@@H]3[C@@H](c4ccc(N5CCOCC5)c(F)c4)OCC[C@]3(C2)[C@H]1NC(=O)CCO. The maximum Gasteiger partial charge on any atom is 0.222 e. The lowest BCUT2D eigenvalue weighted by Gasteiger charge is -2.53. The lowest BCUT2D eigenvalue weighted by Crippen LogP contribution is -2.59. The summed E-state index contributed by atoms with van der Waals surface area (Å²) in [5, 5.41) is 12.5. The highest BCUT2D eigenvalue weighted by Gasteiger charge is 2.68. The Morgan fingerprint density at radius 1 is 1.28 bits per heavy atom. The Labute approximate surface area is 189 Å². The molecule has 5 atom stereocenters. The van der Waals surface area contributed by atoms with Crippen molar-refractivity contribution in [1.82, 2.24) is 5.32 Å². The highest BCUT2D eigenvalue weighted by Crippen LogP contribution is 2.70. The smallest absolute Gasteiger partial charge is 0.222 e. The number of rotatable bonds is 5. The molecule has 1 aromatic carbocycles. The number of anilines is 1. The molecule has 7 heteroatoms. The minimum atomic E-state index is -0.205. The van der Waals surface area contributed by atoms with Gasteiger partial charge >= 0.3 is 0 Å². The van der Waals surface area contributed by atoms with Gasteiger partial charge < -0.3 is 24.8 Å². The van der Waals surface area contributed by atoms with Crippen molar-refractivity contribution in [3.05, 3.63) is 29.6 Å². The molecule has 32 heavy (non-hydrogen) atoms. The number of nitrogens with zero attached hydrogens (tertiary/aromatic N) is 1. The molecule has 2 heterocycles. The molecule has 1 amide bonds. The minimum Gasteiger partial charge on any atom is -0.396 e. The number of nitrogens with one attached hydrogen (secondary N) is 1. The van der Waals surface area contributed by atoms with Gasteiger partial charge in [-0.05, 0) is 59.6 Å². The number of halogens is 1. The minimum absolute atomic E-state index is 0.00501. The van der Waals surface area contributed by atoms with E-state index in [-0.39, 0.29) is 53.6 Å². The topological polar surface area (TPSA) is 71.0 Å². The predicted octanol–water partition coefficient (Wildman–Crippen LogP) is 3.04. The van der Waals surface area contributed by atoms with Gasteiger partial charge in [0.2, 0.25) is 5.91 Å². The third kappa shape index (κ3) is 3.44. The van der Waals surface area contributed by atoms with Crippen LogP contribution in [0.15, 0.2) is 18.2 Å².